The van der Waals surface area contributed by atoms with E-state index in [1.165, 1.54) is 18.2 Å². The number of nitrogens with zero attached hydrogens (tertiary/aromatic N) is 3. The van der Waals surface area contributed by atoms with Gasteiger partial charge in [-0.1, -0.05) is 23.4 Å². The standard InChI is InChI=1S/C15H18F3N5O2.HI/c1-3-19-14(21-9-13-22-10(2)23-25-13)20-8-11-6-4-5-7-12(11)24-15(16,17)18;/h4-7H,3,8-9H2,1-2H3,(H2,19,20,21);1H. The quantitative estimate of drug-likeness (QED) is 0.372. The molecule has 0 aliphatic heterocycles. The van der Waals surface area contributed by atoms with Gasteiger partial charge in [-0.2, -0.15) is 4.98 Å². The number of nitrogens with one attached hydrogen (secondary N) is 2. The highest BCUT2D eigenvalue weighted by atomic mass is 127. The van der Waals surface area contributed by atoms with Gasteiger partial charge in [0.25, 0.3) is 0 Å². The van der Waals surface area contributed by atoms with Crippen LogP contribution in [0.15, 0.2) is 33.8 Å². The molecule has 0 atom stereocenters. The van der Waals surface area contributed by atoms with Gasteiger partial charge in [-0.25, -0.2) is 4.99 Å². The van der Waals surface area contributed by atoms with Crippen LogP contribution in [0.4, 0.5) is 13.2 Å². The maximum absolute atomic E-state index is 12.4. The first-order valence-corrected chi connectivity index (χ1v) is 7.52. The SMILES string of the molecule is CCNC(=NCc1ccccc1OC(F)(F)F)NCc1nc(C)no1.I. The van der Waals surface area contributed by atoms with Crippen molar-refractivity contribution in [1.82, 2.24) is 20.8 Å². The average molecular weight is 485 g/mol. The van der Waals surface area contributed by atoms with Crippen LogP contribution in [-0.4, -0.2) is 29.0 Å². The Morgan fingerprint density at radius 3 is 2.62 bits per heavy atom. The first-order valence-electron chi connectivity index (χ1n) is 7.52. The van der Waals surface area contributed by atoms with Gasteiger partial charge < -0.3 is 19.9 Å². The normalized spacial score (nSPS) is 11.7. The van der Waals surface area contributed by atoms with Gasteiger partial charge in [0.05, 0.1) is 13.1 Å². The summed E-state index contributed by atoms with van der Waals surface area (Å²) >= 11 is 0. The van der Waals surface area contributed by atoms with Crippen LogP contribution in [0.2, 0.25) is 0 Å². The second kappa shape index (κ2) is 10.2. The van der Waals surface area contributed by atoms with Gasteiger partial charge in [0.1, 0.15) is 5.75 Å². The molecule has 0 spiro atoms. The number of hydrogen-bond donors (Lipinski definition) is 2. The van der Waals surface area contributed by atoms with Crippen LogP contribution in [0, 0.1) is 6.92 Å². The summed E-state index contributed by atoms with van der Waals surface area (Å²) in [6.45, 7) is 4.39. The Kier molecular flexibility index (Phi) is 8.61. The molecule has 2 rings (SSSR count). The Labute approximate surface area is 165 Å². The van der Waals surface area contributed by atoms with Crippen LogP contribution < -0.4 is 15.4 Å². The smallest absolute Gasteiger partial charge is 0.405 e. The zero-order valence-electron chi connectivity index (χ0n) is 14.1. The molecule has 0 aliphatic carbocycles. The van der Waals surface area contributed by atoms with E-state index < -0.39 is 6.36 Å². The molecule has 26 heavy (non-hydrogen) atoms. The van der Waals surface area contributed by atoms with E-state index in [0.717, 1.165) is 0 Å². The lowest BCUT2D eigenvalue weighted by Gasteiger charge is -2.13. The summed E-state index contributed by atoms with van der Waals surface area (Å²) < 4.78 is 46.3. The van der Waals surface area contributed by atoms with Crippen LogP contribution in [0.5, 0.6) is 5.75 Å². The van der Waals surface area contributed by atoms with E-state index in [0.29, 0.717) is 29.8 Å². The molecule has 1 aromatic carbocycles. The third-order valence-electron chi connectivity index (χ3n) is 2.93. The van der Waals surface area contributed by atoms with E-state index in [9.17, 15) is 13.2 Å². The third-order valence-corrected chi connectivity index (χ3v) is 2.93. The Balaban J connectivity index is 0.00000338. The van der Waals surface area contributed by atoms with E-state index in [-0.39, 0.29) is 42.8 Å². The second-order valence-corrected chi connectivity index (χ2v) is 4.94. The first kappa shape index (κ1) is 22.0. The maximum atomic E-state index is 12.4. The summed E-state index contributed by atoms with van der Waals surface area (Å²) in [7, 11) is 0. The number of aliphatic imine (C=N–C) groups is 1. The minimum atomic E-state index is -4.75. The predicted octanol–water partition coefficient (Wildman–Crippen LogP) is 3.15. The molecule has 144 valence electrons. The monoisotopic (exact) mass is 485 g/mol. The van der Waals surface area contributed by atoms with Crippen LogP contribution in [0.25, 0.3) is 0 Å². The fourth-order valence-electron chi connectivity index (χ4n) is 1.94. The summed E-state index contributed by atoms with van der Waals surface area (Å²) in [5.41, 5.74) is 0.311. The maximum Gasteiger partial charge on any atom is 0.573 e. The topological polar surface area (TPSA) is 84.6 Å². The number of hydrogen-bond acceptors (Lipinski definition) is 5. The first-order chi connectivity index (χ1) is 11.9. The van der Waals surface area contributed by atoms with Crippen molar-refractivity contribution in [3.05, 3.63) is 41.5 Å². The van der Waals surface area contributed by atoms with Gasteiger partial charge in [0.15, 0.2) is 11.8 Å². The molecular formula is C15H19F3IN5O2. The summed E-state index contributed by atoms with van der Waals surface area (Å²) in [6, 6.07) is 5.86. The Morgan fingerprint density at radius 1 is 1.27 bits per heavy atom. The lowest BCUT2D eigenvalue weighted by molar-refractivity contribution is -0.274. The molecule has 0 radical (unpaired) electrons. The highest BCUT2D eigenvalue weighted by Crippen LogP contribution is 2.26. The molecule has 0 aliphatic rings. The summed E-state index contributed by atoms with van der Waals surface area (Å²) in [5.74, 6) is 1.02. The highest BCUT2D eigenvalue weighted by Gasteiger charge is 2.31. The molecule has 0 amide bonds. The number of halogens is 4. The van der Waals surface area contributed by atoms with Crippen molar-refractivity contribution in [1.29, 1.82) is 0 Å². The van der Waals surface area contributed by atoms with Crippen LogP contribution in [0.3, 0.4) is 0 Å². The number of guanidine groups is 1. The van der Waals surface area contributed by atoms with Crippen molar-refractivity contribution in [2.24, 2.45) is 4.99 Å². The number of ether oxygens (including phenoxy) is 1. The molecule has 1 heterocycles. The zero-order chi connectivity index (χ0) is 18.3. The van der Waals surface area contributed by atoms with Crippen LogP contribution in [-0.2, 0) is 13.1 Å². The average Bonchev–Trinajstić information content (AvgIpc) is 2.95. The summed E-state index contributed by atoms with van der Waals surface area (Å²) in [4.78, 5) is 8.30. The molecule has 0 saturated carbocycles. The third kappa shape index (κ3) is 7.45. The lowest BCUT2D eigenvalue weighted by atomic mass is 10.2. The van der Waals surface area contributed by atoms with Gasteiger partial charge in [0, 0.05) is 12.1 Å². The lowest BCUT2D eigenvalue weighted by Crippen LogP contribution is -2.36. The second-order valence-electron chi connectivity index (χ2n) is 4.94. The van der Waals surface area contributed by atoms with E-state index >= 15 is 0 Å². The predicted molar refractivity (Wildman–Crippen MR) is 99.2 cm³/mol. The van der Waals surface area contributed by atoms with E-state index in [2.05, 4.69) is 30.5 Å². The van der Waals surface area contributed by atoms with E-state index in [1.54, 1.807) is 13.0 Å². The Bertz CT molecular complexity index is 721. The molecule has 1 aromatic heterocycles. The zero-order valence-corrected chi connectivity index (χ0v) is 16.5. The van der Waals surface area contributed by atoms with Crippen molar-refractivity contribution < 1.29 is 22.4 Å². The summed E-state index contributed by atoms with van der Waals surface area (Å²) in [5, 5.41) is 9.62. The number of alkyl halides is 3. The fourth-order valence-corrected chi connectivity index (χ4v) is 1.94. The van der Waals surface area contributed by atoms with E-state index in [4.69, 9.17) is 4.52 Å². The van der Waals surface area contributed by atoms with Crippen molar-refractivity contribution in [2.75, 3.05) is 6.54 Å². The Morgan fingerprint density at radius 2 is 2.00 bits per heavy atom. The van der Waals surface area contributed by atoms with Crippen LogP contribution in [0.1, 0.15) is 24.2 Å². The molecule has 0 bridgehead atoms. The van der Waals surface area contributed by atoms with E-state index in [1.807, 2.05) is 6.92 Å². The fraction of sp³-hybridized carbons (Fsp3) is 0.400. The van der Waals surface area contributed by atoms with Gasteiger partial charge >= 0.3 is 6.36 Å². The molecule has 0 saturated heterocycles. The van der Waals surface area contributed by atoms with Gasteiger partial charge in [0.2, 0.25) is 5.89 Å². The van der Waals surface area contributed by atoms with Gasteiger partial charge in [-0.05, 0) is 19.9 Å². The van der Waals surface area contributed by atoms with Gasteiger partial charge in [-0.15, -0.1) is 37.1 Å². The summed E-state index contributed by atoms with van der Waals surface area (Å²) in [6.07, 6.45) is -4.75. The molecule has 11 heteroatoms. The van der Waals surface area contributed by atoms with Crippen molar-refractivity contribution in [3.63, 3.8) is 0 Å². The van der Waals surface area contributed by atoms with Gasteiger partial charge in [-0.3, -0.25) is 0 Å². The number of aromatic nitrogens is 2. The molecule has 0 unspecified atom stereocenters. The molecular weight excluding hydrogens is 466 g/mol. The number of aryl methyl sites for hydroxylation is 1. The minimum Gasteiger partial charge on any atom is -0.405 e. The Hall–Kier alpha value is -2.05. The highest BCUT2D eigenvalue weighted by molar-refractivity contribution is 14.0. The number of rotatable bonds is 6. The molecule has 0 fully saturated rings. The molecule has 2 N–H and O–H groups in total. The number of para-hydroxylation sites is 1. The molecule has 7 nitrogen and oxygen atoms in total. The van der Waals surface area contributed by atoms with Crippen LogP contribution >= 0.6 is 24.0 Å². The van der Waals surface area contributed by atoms with Crippen molar-refractivity contribution in [2.45, 2.75) is 33.3 Å². The van der Waals surface area contributed by atoms with Crippen molar-refractivity contribution >= 4 is 29.9 Å². The number of benzene rings is 1. The van der Waals surface area contributed by atoms with Crippen molar-refractivity contribution in [3.8, 4) is 5.75 Å². The minimum absolute atomic E-state index is 0. The largest absolute Gasteiger partial charge is 0.573 e. The molecule has 2 aromatic rings.